The standard InChI is InChI=1S/C26H23N3O2S/c1-3-17-9-11-20-19(13-17)10-12-22-24(27-16(2)31-22)23(20)21-15-29(26(30)28-25(21)32)14-18-7-5-4-6-8-18/h4-13,15,23H,3,14H2,1-2H3,(H,28,30,32). The summed E-state index contributed by atoms with van der Waals surface area (Å²) in [5, 5.41) is 0. The lowest BCUT2D eigenvalue weighted by Gasteiger charge is -2.19. The van der Waals surface area contributed by atoms with E-state index < -0.39 is 0 Å². The zero-order chi connectivity index (χ0) is 22.2. The van der Waals surface area contributed by atoms with E-state index in [9.17, 15) is 4.79 Å². The van der Waals surface area contributed by atoms with Gasteiger partial charge in [0.2, 0.25) is 0 Å². The maximum Gasteiger partial charge on any atom is 0.326 e. The molecule has 160 valence electrons. The van der Waals surface area contributed by atoms with Crippen molar-refractivity contribution in [2.45, 2.75) is 32.7 Å². The van der Waals surface area contributed by atoms with Crippen molar-refractivity contribution in [2.24, 2.45) is 0 Å². The molecular formula is C26H23N3O2S. The molecule has 1 unspecified atom stereocenters. The van der Waals surface area contributed by atoms with Gasteiger partial charge in [-0.1, -0.05) is 73.7 Å². The molecule has 0 amide bonds. The van der Waals surface area contributed by atoms with Crippen LogP contribution in [0.5, 0.6) is 0 Å². The van der Waals surface area contributed by atoms with Crippen LogP contribution in [0.4, 0.5) is 0 Å². The lowest BCUT2D eigenvalue weighted by Crippen LogP contribution is -2.25. The first kappa shape index (κ1) is 20.4. The maximum absolute atomic E-state index is 12.7. The molecule has 2 aromatic heterocycles. The van der Waals surface area contributed by atoms with Crippen LogP contribution in [0.25, 0.3) is 12.2 Å². The number of nitrogens with zero attached hydrogens (tertiary/aromatic N) is 2. The minimum absolute atomic E-state index is 0.229. The van der Waals surface area contributed by atoms with Crippen LogP contribution in [-0.4, -0.2) is 14.5 Å². The van der Waals surface area contributed by atoms with E-state index in [2.05, 4.69) is 36.2 Å². The summed E-state index contributed by atoms with van der Waals surface area (Å²) >= 11 is 5.65. The summed E-state index contributed by atoms with van der Waals surface area (Å²) < 4.78 is 8.00. The van der Waals surface area contributed by atoms with Crippen molar-refractivity contribution in [1.29, 1.82) is 0 Å². The molecule has 1 N–H and O–H groups in total. The number of hydrogen-bond donors (Lipinski definition) is 1. The summed E-state index contributed by atoms with van der Waals surface area (Å²) in [7, 11) is 0. The van der Waals surface area contributed by atoms with Crippen molar-refractivity contribution in [2.75, 3.05) is 0 Å². The average Bonchev–Trinajstić information content (AvgIpc) is 3.09. The molecule has 0 fully saturated rings. The summed E-state index contributed by atoms with van der Waals surface area (Å²) in [5.74, 6) is 1.08. The molecule has 0 aliphatic heterocycles. The maximum atomic E-state index is 12.7. The number of fused-ring (bicyclic) bond motifs is 2. The highest BCUT2D eigenvalue weighted by molar-refractivity contribution is 7.71. The fraction of sp³-hybridized carbons (Fsp3) is 0.192. The van der Waals surface area contributed by atoms with Crippen molar-refractivity contribution in [3.05, 3.63) is 115 Å². The highest BCUT2D eigenvalue weighted by Gasteiger charge is 2.29. The SMILES string of the molecule is CCc1ccc2c(c1)C=Cc1oc(C)nc1C2c1cn(Cc2ccccc2)c(=O)[nH]c1=S. The molecule has 1 aliphatic rings. The van der Waals surface area contributed by atoms with E-state index in [0.29, 0.717) is 17.1 Å². The van der Waals surface area contributed by atoms with E-state index in [1.807, 2.05) is 49.5 Å². The van der Waals surface area contributed by atoms with Crippen LogP contribution in [-0.2, 0) is 13.0 Å². The Balaban J connectivity index is 1.72. The van der Waals surface area contributed by atoms with E-state index in [1.165, 1.54) is 5.56 Å². The van der Waals surface area contributed by atoms with Gasteiger partial charge in [0.1, 0.15) is 4.64 Å². The predicted molar refractivity (Wildman–Crippen MR) is 128 cm³/mol. The minimum Gasteiger partial charge on any atom is -0.441 e. The van der Waals surface area contributed by atoms with Gasteiger partial charge in [-0.2, -0.15) is 0 Å². The third-order valence-corrected chi connectivity index (χ3v) is 6.23. The molecule has 0 radical (unpaired) electrons. The van der Waals surface area contributed by atoms with Crippen molar-refractivity contribution in [3.63, 3.8) is 0 Å². The van der Waals surface area contributed by atoms with Gasteiger partial charge >= 0.3 is 5.69 Å². The van der Waals surface area contributed by atoms with Crippen molar-refractivity contribution < 1.29 is 4.42 Å². The molecule has 4 aromatic rings. The largest absolute Gasteiger partial charge is 0.441 e. The number of rotatable bonds is 4. The van der Waals surface area contributed by atoms with Gasteiger partial charge in [-0.25, -0.2) is 9.78 Å². The lowest BCUT2D eigenvalue weighted by atomic mass is 9.86. The Kier molecular flexibility index (Phi) is 5.23. The Hall–Kier alpha value is -3.51. The molecule has 0 saturated heterocycles. The van der Waals surface area contributed by atoms with Crippen LogP contribution < -0.4 is 5.69 Å². The second-order valence-corrected chi connectivity index (χ2v) is 8.43. The van der Waals surface area contributed by atoms with Gasteiger partial charge in [0.05, 0.1) is 18.2 Å². The van der Waals surface area contributed by atoms with Crippen molar-refractivity contribution in [3.8, 4) is 0 Å². The van der Waals surface area contributed by atoms with Gasteiger partial charge in [-0.3, -0.25) is 9.55 Å². The normalized spacial score (nSPS) is 14.6. The monoisotopic (exact) mass is 441 g/mol. The first-order valence-electron chi connectivity index (χ1n) is 10.7. The summed E-state index contributed by atoms with van der Waals surface area (Å²) in [6.45, 7) is 4.44. The Morgan fingerprint density at radius 1 is 1.09 bits per heavy atom. The summed E-state index contributed by atoms with van der Waals surface area (Å²) in [5.41, 5.74) is 5.91. The lowest BCUT2D eigenvalue weighted by molar-refractivity contribution is 0.512. The molecular weight excluding hydrogens is 418 g/mol. The quantitative estimate of drug-likeness (QED) is 0.375. The van der Waals surface area contributed by atoms with Crippen molar-refractivity contribution >= 4 is 24.4 Å². The molecule has 0 saturated carbocycles. The third kappa shape index (κ3) is 3.67. The number of aromatic amines is 1. The molecule has 2 aromatic carbocycles. The van der Waals surface area contributed by atoms with Gasteiger partial charge in [0.25, 0.3) is 0 Å². The smallest absolute Gasteiger partial charge is 0.326 e. The van der Waals surface area contributed by atoms with Crippen molar-refractivity contribution in [1.82, 2.24) is 14.5 Å². The van der Waals surface area contributed by atoms with E-state index in [4.69, 9.17) is 21.6 Å². The summed E-state index contributed by atoms with van der Waals surface area (Å²) in [6.07, 6.45) is 6.87. The number of hydrogen-bond acceptors (Lipinski definition) is 4. The Labute approximate surface area is 191 Å². The molecule has 1 aliphatic carbocycles. The number of aryl methyl sites for hydroxylation is 2. The zero-order valence-corrected chi connectivity index (χ0v) is 18.8. The van der Waals surface area contributed by atoms with Crippen LogP contribution in [0.2, 0.25) is 0 Å². The fourth-order valence-electron chi connectivity index (χ4n) is 4.29. The Morgan fingerprint density at radius 2 is 1.91 bits per heavy atom. The Morgan fingerprint density at radius 3 is 2.69 bits per heavy atom. The number of nitrogens with one attached hydrogen (secondary N) is 1. The van der Waals surface area contributed by atoms with E-state index in [1.54, 1.807) is 4.57 Å². The van der Waals surface area contributed by atoms with Crippen LogP contribution in [0.15, 0.2) is 63.9 Å². The second-order valence-electron chi connectivity index (χ2n) is 8.02. The molecule has 5 rings (SSSR count). The van der Waals surface area contributed by atoms with E-state index in [0.717, 1.165) is 40.1 Å². The molecule has 5 nitrogen and oxygen atoms in total. The Bertz CT molecular complexity index is 1440. The molecule has 2 heterocycles. The zero-order valence-electron chi connectivity index (χ0n) is 18.0. The topological polar surface area (TPSA) is 63.8 Å². The molecule has 0 spiro atoms. The predicted octanol–water partition coefficient (Wildman–Crippen LogP) is 5.48. The highest BCUT2D eigenvalue weighted by Crippen LogP contribution is 2.39. The number of aromatic nitrogens is 3. The highest BCUT2D eigenvalue weighted by atomic mass is 32.1. The summed E-state index contributed by atoms with van der Waals surface area (Å²) in [6, 6.07) is 16.4. The first-order valence-corrected chi connectivity index (χ1v) is 11.1. The minimum atomic E-state index is -0.246. The third-order valence-electron chi connectivity index (χ3n) is 5.89. The van der Waals surface area contributed by atoms with Gasteiger partial charge in [0.15, 0.2) is 11.7 Å². The van der Waals surface area contributed by atoms with Gasteiger partial charge in [-0.05, 0) is 34.8 Å². The molecule has 6 heteroatoms. The number of oxazole rings is 1. The van der Waals surface area contributed by atoms with Crippen LogP contribution in [0.3, 0.4) is 0 Å². The molecule has 32 heavy (non-hydrogen) atoms. The molecule has 1 atom stereocenters. The van der Waals surface area contributed by atoms with E-state index in [-0.39, 0.29) is 11.6 Å². The van der Waals surface area contributed by atoms with Crippen LogP contribution >= 0.6 is 12.2 Å². The second kappa shape index (κ2) is 8.20. The van der Waals surface area contributed by atoms with E-state index >= 15 is 0 Å². The number of benzene rings is 2. The summed E-state index contributed by atoms with van der Waals surface area (Å²) in [4.78, 5) is 20.3. The first-order chi connectivity index (χ1) is 15.5. The average molecular weight is 442 g/mol. The van der Waals surface area contributed by atoms with Crippen LogP contribution in [0, 0.1) is 11.6 Å². The molecule has 0 bridgehead atoms. The van der Waals surface area contributed by atoms with Gasteiger partial charge < -0.3 is 4.42 Å². The fourth-order valence-corrected chi connectivity index (χ4v) is 4.55. The van der Waals surface area contributed by atoms with Gasteiger partial charge in [-0.15, -0.1) is 0 Å². The van der Waals surface area contributed by atoms with Crippen LogP contribution in [0.1, 0.15) is 58.0 Å². The van der Waals surface area contributed by atoms with Gasteiger partial charge in [0, 0.05) is 18.7 Å². The number of H-pyrrole nitrogens is 1.